The zero-order valence-electron chi connectivity index (χ0n) is 19.5. The predicted molar refractivity (Wildman–Crippen MR) is 126 cm³/mol. The van der Waals surface area contributed by atoms with Gasteiger partial charge >= 0.3 is 0 Å². The van der Waals surface area contributed by atoms with Crippen LogP contribution in [0.2, 0.25) is 0 Å². The highest BCUT2D eigenvalue weighted by Crippen LogP contribution is 2.18. The third-order valence-electron chi connectivity index (χ3n) is 6.18. The zero-order valence-corrected chi connectivity index (χ0v) is 19.5. The Morgan fingerprint density at radius 3 is 0.852 bits per heavy atom. The average Bonchev–Trinajstić information content (AvgIpc) is 2.67. The fourth-order valence-corrected chi connectivity index (χ4v) is 4.16. The van der Waals surface area contributed by atoms with Gasteiger partial charge in [0.15, 0.2) is 0 Å². The van der Waals surface area contributed by atoms with Crippen LogP contribution in [-0.2, 0) is 0 Å². The van der Waals surface area contributed by atoms with E-state index in [1.807, 2.05) is 0 Å². The third-order valence-corrected chi connectivity index (χ3v) is 6.18. The molecule has 0 rings (SSSR count). The number of hydrogen-bond donors (Lipinski definition) is 0. The van der Waals surface area contributed by atoms with Crippen molar-refractivity contribution in [1.29, 1.82) is 0 Å². The summed E-state index contributed by atoms with van der Waals surface area (Å²) in [6.07, 6.45) is 33.2. The van der Waals surface area contributed by atoms with Crippen molar-refractivity contribution in [1.82, 2.24) is 0 Å². The van der Waals surface area contributed by atoms with Crippen molar-refractivity contribution in [3.05, 3.63) is 6.92 Å². The number of rotatable bonds is 23. The molecule has 0 heteroatoms. The van der Waals surface area contributed by atoms with Gasteiger partial charge in [0.1, 0.15) is 0 Å². The first-order valence-electron chi connectivity index (χ1n) is 13.1. The Hall–Kier alpha value is 0. The molecule has 1 unspecified atom stereocenters. The van der Waals surface area contributed by atoms with Crippen LogP contribution in [0.5, 0.6) is 0 Å². The van der Waals surface area contributed by atoms with Gasteiger partial charge in [0.25, 0.3) is 0 Å². The van der Waals surface area contributed by atoms with E-state index < -0.39 is 0 Å². The second kappa shape index (κ2) is 24.0. The SMILES string of the molecule is [CH2]C(CCCCCCC)CCCCCCCCCCCCCCCCCC. The molecule has 0 saturated carbocycles. The van der Waals surface area contributed by atoms with Crippen LogP contribution in [0, 0.1) is 12.8 Å². The lowest BCUT2D eigenvalue weighted by molar-refractivity contribution is 0.462. The van der Waals surface area contributed by atoms with Crippen molar-refractivity contribution < 1.29 is 0 Å². The van der Waals surface area contributed by atoms with Crippen molar-refractivity contribution in [2.75, 3.05) is 0 Å². The number of unbranched alkanes of at least 4 members (excludes halogenated alkanes) is 19. The number of hydrogen-bond acceptors (Lipinski definition) is 0. The zero-order chi connectivity index (χ0) is 19.8. The van der Waals surface area contributed by atoms with E-state index in [4.69, 9.17) is 0 Å². The van der Waals surface area contributed by atoms with Crippen LogP contribution in [0.4, 0.5) is 0 Å². The van der Waals surface area contributed by atoms with Crippen LogP contribution in [-0.4, -0.2) is 0 Å². The molecule has 0 spiro atoms. The minimum Gasteiger partial charge on any atom is -0.0654 e. The highest BCUT2D eigenvalue weighted by atomic mass is 14.1. The van der Waals surface area contributed by atoms with Gasteiger partial charge in [-0.15, -0.1) is 0 Å². The van der Waals surface area contributed by atoms with Crippen LogP contribution in [0.25, 0.3) is 0 Å². The molecule has 1 atom stereocenters. The maximum Gasteiger partial charge on any atom is -0.0414 e. The third kappa shape index (κ3) is 24.0. The molecule has 0 bridgehead atoms. The molecule has 0 aliphatic carbocycles. The van der Waals surface area contributed by atoms with Crippen molar-refractivity contribution in [3.63, 3.8) is 0 Å². The molecule has 0 N–H and O–H groups in total. The molecule has 0 amide bonds. The van der Waals surface area contributed by atoms with Crippen molar-refractivity contribution >= 4 is 0 Å². The molecule has 0 fully saturated rings. The van der Waals surface area contributed by atoms with E-state index in [9.17, 15) is 0 Å². The van der Waals surface area contributed by atoms with E-state index in [0.29, 0.717) is 0 Å². The van der Waals surface area contributed by atoms with E-state index in [0.717, 1.165) is 5.92 Å². The fraction of sp³-hybridized carbons (Fsp3) is 0.963. The highest BCUT2D eigenvalue weighted by molar-refractivity contribution is 4.62. The molecule has 0 heterocycles. The predicted octanol–water partition coefficient (Wildman–Crippen LogP) is 10.4. The smallest absolute Gasteiger partial charge is 0.0414 e. The maximum atomic E-state index is 4.36. The lowest BCUT2D eigenvalue weighted by Gasteiger charge is -2.10. The van der Waals surface area contributed by atoms with Gasteiger partial charge < -0.3 is 0 Å². The Bertz CT molecular complexity index is 244. The van der Waals surface area contributed by atoms with Crippen molar-refractivity contribution in [2.24, 2.45) is 5.92 Å². The van der Waals surface area contributed by atoms with Gasteiger partial charge in [-0.25, -0.2) is 0 Å². The molecule has 163 valence electrons. The summed E-state index contributed by atoms with van der Waals surface area (Å²) in [5.74, 6) is 0.721. The second-order valence-corrected chi connectivity index (χ2v) is 9.16. The molecule has 0 aromatic rings. The van der Waals surface area contributed by atoms with E-state index in [-0.39, 0.29) is 0 Å². The fourth-order valence-electron chi connectivity index (χ4n) is 4.16. The first kappa shape index (κ1) is 27.0. The first-order valence-corrected chi connectivity index (χ1v) is 13.1. The summed E-state index contributed by atoms with van der Waals surface area (Å²) in [6.45, 7) is 8.96. The van der Waals surface area contributed by atoms with Crippen molar-refractivity contribution in [2.45, 2.75) is 162 Å². The van der Waals surface area contributed by atoms with Crippen LogP contribution in [0.15, 0.2) is 0 Å². The second-order valence-electron chi connectivity index (χ2n) is 9.16. The van der Waals surface area contributed by atoms with E-state index in [2.05, 4.69) is 20.8 Å². The van der Waals surface area contributed by atoms with E-state index in [1.54, 1.807) is 0 Å². The first-order chi connectivity index (χ1) is 13.3. The summed E-state index contributed by atoms with van der Waals surface area (Å²) < 4.78 is 0. The van der Waals surface area contributed by atoms with Crippen molar-refractivity contribution in [3.8, 4) is 0 Å². The summed E-state index contributed by atoms with van der Waals surface area (Å²) in [5, 5.41) is 0. The Balaban J connectivity index is 3.08. The molecule has 0 aromatic carbocycles. The van der Waals surface area contributed by atoms with Gasteiger partial charge in [0.2, 0.25) is 0 Å². The molecular formula is C27H55. The quantitative estimate of drug-likeness (QED) is 0.155. The summed E-state index contributed by atoms with van der Waals surface area (Å²) in [5.41, 5.74) is 0. The summed E-state index contributed by atoms with van der Waals surface area (Å²) in [4.78, 5) is 0. The van der Waals surface area contributed by atoms with Crippen LogP contribution >= 0.6 is 0 Å². The molecule has 0 aromatic heterocycles. The Labute approximate surface area is 174 Å². The standard InChI is InChI=1S/C27H55/c1-4-6-8-10-11-12-13-14-15-16-17-18-19-20-22-24-26-27(3)25-23-21-9-7-5-2/h27H,3-26H2,1-2H3. The van der Waals surface area contributed by atoms with Gasteiger partial charge in [-0.1, -0.05) is 168 Å². The molecule has 0 aliphatic rings. The highest BCUT2D eigenvalue weighted by Gasteiger charge is 2.02. The minimum absolute atomic E-state index is 0.721. The summed E-state index contributed by atoms with van der Waals surface area (Å²) in [7, 11) is 0. The molecule has 0 aliphatic heterocycles. The van der Waals surface area contributed by atoms with Crippen LogP contribution in [0.3, 0.4) is 0 Å². The topological polar surface area (TPSA) is 0 Å². The average molecular weight is 380 g/mol. The van der Waals surface area contributed by atoms with E-state index in [1.165, 1.54) is 148 Å². The van der Waals surface area contributed by atoms with Crippen LogP contribution in [0.1, 0.15) is 162 Å². The van der Waals surface area contributed by atoms with Gasteiger partial charge in [0, 0.05) is 0 Å². The Morgan fingerprint density at radius 2 is 0.593 bits per heavy atom. The lowest BCUT2D eigenvalue weighted by Crippen LogP contribution is -1.95. The molecule has 27 heavy (non-hydrogen) atoms. The maximum absolute atomic E-state index is 4.36. The Morgan fingerprint density at radius 1 is 0.370 bits per heavy atom. The summed E-state index contributed by atoms with van der Waals surface area (Å²) >= 11 is 0. The minimum atomic E-state index is 0.721. The molecular weight excluding hydrogens is 324 g/mol. The molecule has 1 radical (unpaired) electrons. The normalized spacial score (nSPS) is 12.6. The molecule has 0 nitrogen and oxygen atoms in total. The van der Waals surface area contributed by atoms with Gasteiger partial charge in [-0.05, 0) is 5.92 Å². The van der Waals surface area contributed by atoms with Gasteiger partial charge in [0.05, 0.1) is 0 Å². The van der Waals surface area contributed by atoms with Crippen LogP contribution < -0.4 is 0 Å². The largest absolute Gasteiger partial charge is 0.0654 e. The lowest BCUT2D eigenvalue weighted by atomic mass is 9.96. The van der Waals surface area contributed by atoms with E-state index >= 15 is 0 Å². The Kier molecular flexibility index (Phi) is 24.0. The molecule has 0 saturated heterocycles. The monoisotopic (exact) mass is 379 g/mol. The van der Waals surface area contributed by atoms with Gasteiger partial charge in [-0.3, -0.25) is 0 Å². The van der Waals surface area contributed by atoms with Gasteiger partial charge in [-0.2, -0.15) is 0 Å². The summed E-state index contributed by atoms with van der Waals surface area (Å²) in [6, 6.07) is 0.